The van der Waals surface area contributed by atoms with Gasteiger partial charge in [-0.1, -0.05) is 0 Å². The van der Waals surface area contributed by atoms with E-state index in [1.54, 1.807) is 0 Å². The largest absolute Gasteiger partial charge is 0.496 e. The van der Waals surface area contributed by atoms with E-state index >= 15 is 0 Å². The van der Waals surface area contributed by atoms with Gasteiger partial charge >= 0.3 is 12.1 Å². The van der Waals surface area contributed by atoms with E-state index in [0.717, 1.165) is 19.1 Å². The summed E-state index contributed by atoms with van der Waals surface area (Å²) in [6.45, 7) is 2.34. The van der Waals surface area contributed by atoms with E-state index in [2.05, 4.69) is 0 Å². The molecule has 0 saturated carbocycles. The molecule has 24 heavy (non-hydrogen) atoms. The Morgan fingerprint density at radius 1 is 1.38 bits per heavy atom. The summed E-state index contributed by atoms with van der Waals surface area (Å²) in [5.74, 6) is -2.17. The molecular weight excluding hydrogens is 332 g/mol. The van der Waals surface area contributed by atoms with Crippen LogP contribution in [0.25, 0.3) is 5.57 Å². The van der Waals surface area contributed by atoms with E-state index in [9.17, 15) is 22.4 Å². The first-order valence-corrected chi connectivity index (χ1v) is 7.13. The maximum Gasteiger partial charge on any atom is 0.428 e. The number of rotatable bonds is 4. The number of hydrogen-bond acceptors (Lipinski definition) is 4. The number of halogens is 4. The Labute approximate surface area is 136 Å². The SMILES string of the molecule is CCOC(=O)C1=C(c2ccc(F)cc2OC)CC(C)(C(F)(F)F)O1. The van der Waals surface area contributed by atoms with Crippen LogP contribution < -0.4 is 4.74 Å². The number of ether oxygens (including phenoxy) is 3. The van der Waals surface area contributed by atoms with Crippen molar-refractivity contribution in [2.45, 2.75) is 32.0 Å². The molecule has 4 nitrogen and oxygen atoms in total. The molecule has 1 aliphatic heterocycles. The Balaban J connectivity index is 2.57. The molecular formula is C16H16F4O4. The van der Waals surface area contributed by atoms with Gasteiger partial charge in [-0.2, -0.15) is 13.2 Å². The zero-order valence-electron chi connectivity index (χ0n) is 13.3. The summed E-state index contributed by atoms with van der Waals surface area (Å²) in [5.41, 5.74) is -2.47. The average Bonchev–Trinajstić information content (AvgIpc) is 2.86. The molecule has 1 aromatic carbocycles. The first kappa shape index (κ1) is 18.1. The van der Waals surface area contributed by atoms with Crippen LogP contribution in [0.3, 0.4) is 0 Å². The van der Waals surface area contributed by atoms with Gasteiger partial charge in [-0.3, -0.25) is 0 Å². The standard InChI is InChI=1S/C16H16F4O4/c1-4-23-14(21)13-11(8-15(2,24-13)16(18,19)20)10-6-5-9(17)7-12(10)22-3/h5-7H,4,8H2,1-3H3. The third-order valence-corrected chi connectivity index (χ3v) is 3.66. The fourth-order valence-electron chi connectivity index (χ4n) is 2.39. The second-order valence-electron chi connectivity index (χ2n) is 5.38. The van der Waals surface area contributed by atoms with E-state index in [0.29, 0.717) is 0 Å². The Kier molecular flexibility index (Phi) is 4.77. The zero-order valence-corrected chi connectivity index (χ0v) is 13.3. The minimum atomic E-state index is -4.71. The third kappa shape index (κ3) is 3.18. The zero-order chi connectivity index (χ0) is 18.1. The normalized spacial score (nSPS) is 20.8. The van der Waals surface area contributed by atoms with Crippen LogP contribution in [-0.2, 0) is 14.3 Å². The predicted octanol–water partition coefficient (Wildman–Crippen LogP) is 3.85. The maximum absolute atomic E-state index is 13.3. The molecule has 1 atom stereocenters. The fraction of sp³-hybridized carbons (Fsp3) is 0.438. The smallest absolute Gasteiger partial charge is 0.428 e. The molecule has 0 aliphatic carbocycles. The molecule has 1 aromatic rings. The van der Waals surface area contributed by atoms with E-state index in [1.807, 2.05) is 0 Å². The Hall–Kier alpha value is -2.25. The van der Waals surface area contributed by atoms with Gasteiger partial charge in [0.25, 0.3) is 0 Å². The molecule has 1 aliphatic rings. The van der Waals surface area contributed by atoms with Crippen molar-refractivity contribution in [1.82, 2.24) is 0 Å². The molecule has 8 heteroatoms. The third-order valence-electron chi connectivity index (χ3n) is 3.66. The molecule has 0 N–H and O–H groups in total. The number of hydrogen-bond donors (Lipinski definition) is 0. The molecule has 0 bridgehead atoms. The van der Waals surface area contributed by atoms with Crippen molar-refractivity contribution in [2.75, 3.05) is 13.7 Å². The van der Waals surface area contributed by atoms with E-state index in [4.69, 9.17) is 14.2 Å². The van der Waals surface area contributed by atoms with Crippen molar-refractivity contribution in [2.24, 2.45) is 0 Å². The van der Waals surface area contributed by atoms with Gasteiger partial charge in [-0.05, 0) is 26.0 Å². The second kappa shape index (κ2) is 6.33. The van der Waals surface area contributed by atoms with Crippen LogP contribution in [0.5, 0.6) is 5.75 Å². The summed E-state index contributed by atoms with van der Waals surface area (Å²) >= 11 is 0. The summed E-state index contributed by atoms with van der Waals surface area (Å²) in [7, 11) is 1.25. The Morgan fingerprint density at radius 2 is 2.04 bits per heavy atom. The molecule has 1 unspecified atom stereocenters. The van der Waals surface area contributed by atoms with Crippen molar-refractivity contribution in [3.63, 3.8) is 0 Å². The van der Waals surface area contributed by atoms with E-state index < -0.39 is 35.7 Å². The number of esters is 1. The van der Waals surface area contributed by atoms with Crippen LogP contribution in [0.15, 0.2) is 24.0 Å². The number of carbonyl (C=O) groups is 1. The average molecular weight is 348 g/mol. The molecule has 0 fully saturated rings. The molecule has 0 radical (unpaired) electrons. The first-order chi connectivity index (χ1) is 11.1. The number of carbonyl (C=O) groups excluding carboxylic acids is 1. The van der Waals surface area contributed by atoms with Crippen molar-refractivity contribution in [1.29, 1.82) is 0 Å². The Morgan fingerprint density at radius 3 is 2.58 bits per heavy atom. The summed E-state index contributed by atoms with van der Waals surface area (Å²) in [5, 5.41) is 0. The second-order valence-corrected chi connectivity index (χ2v) is 5.38. The van der Waals surface area contributed by atoms with Gasteiger partial charge < -0.3 is 14.2 Å². The fourth-order valence-corrected chi connectivity index (χ4v) is 2.39. The van der Waals surface area contributed by atoms with Crippen molar-refractivity contribution >= 4 is 11.5 Å². The van der Waals surface area contributed by atoms with Crippen LogP contribution in [0, 0.1) is 5.82 Å². The molecule has 132 valence electrons. The summed E-state index contributed by atoms with van der Waals surface area (Å²) in [4.78, 5) is 12.0. The van der Waals surface area contributed by atoms with Crippen LogP contribution in [0.1, 0.15) is 25.8 Å². The highest BCUT2D eigenvalue weighted by atomic mass is 19.4. The molecule has 2 rings (SSSR count). The van der Waals surface area contributed by atoms with Gasteiger partial charge in [0.2, 0.25) is 11.4 Å². The number of alkyl halides is 3. The summed E-state index contributed by atoms with van der Waals surface area (Å²) in [6.07, 6.45) is -5.33. The highest BCUT2D eigenvalue weighted by molar-refractivity contribution is 5.97. The predicted molar refractivity (Wildman–Crippen MR) is 76.7 cm³/mol. The van der Waals surface area contributed by atoms with E-state index in [-0.39, 0.29) is 23.5 Å². The van der Waals surface area contributed by atoms with Gasteiger partial charge in [0.1, 0.15) is 11.6 Å². The molecule has 0 spiro atoms. The van der Waals surface area contributed by atoms with Crippen LogP contribution in [0.4, 0.5) is 17.6 Å². The lowest BCUT2D eigenvalue weighted by Crippen LogP contribution is -2.42. The lowest BCUT2D eigenvalue weighted by atomic mass is 9.93. The molecule has 0 amide bonds. The van der Waals surface area contributed by atoms with Gasteiger partial charge in [0.15, 0.2) is 0 Å². The lowest BCUT2D eigenvalue weighted by Gasteiger charge is -2.27. The maximum atomic E-state index is 13.3. The molecule has 0 aromatic heterocycles. The summed E-state index contributed by atoms with van der Waals surface area (Å²) < 4.78 is 68.0. The minimum absolute atomic E-state index is 0.00169. The van der Waals surface area contributed by atoms with Gasteiger partial charge in [-0.15, -0.1) is 0 Å². The molecule has 1 heterocycles. The number of benzene rings is 1. The van der Waals surface area contributed by atoms with Gasteiger partial charge in [-0.25, -0.2) is 9.18 Å². The van der Waals surface area contributed by atoms with Crippen molar-refractivity contribution < 1.29 is 36.6 Å². The lowest BCUT2D eigenvalue weighted by molar-refractivity contribution is -0.251. The minimum Gasteiger partial charge on any atom is -0.496 e. The van der Waals surface area contributed by atoms with Crippen LogP contribution in [0.2, 0.25) is 0 Å². The van der Waals surface area contributed by atoms with Gasteiger partial charge in [0, 0.05) is 23.6 Å². The van der Waals surface area contributed by atoms with Crippen molar-refractivity contribution in [3.8, 4) is 5.75 Å². The Bertz CT molecular complexity index is 681. The topological polar surface area (TPSA) is 44.8 Å². The van der Waals surface area contributed by atoms with Crippen LogP contribution >= 0.6 is 0 Å². The highest BCUT2D eigenvalue weighted by Gasteiger charge is 2.58. The highest BCUT2D eigenvalue weighted by Crippen LogP contribution is 2.49. The monoisotopic (exact) mass is 348 g/mol. The van der Waals surface area contributed by atoms with Crippen LogP contribution in [-0.4, -0.2) is 31.5 Å². The van der Waals surface area contributed by atoms with E-state index in [1.165, 1.54) is 20.1 Å². The quantitative estimate of drug-likeness (QED) is 0.612. The summed E-state index contributed by atoms with van der Waals surface area (Å²) in [6, 6.07) is 3.33. The first-order valence-electron chi connectivity index (χ1n) is 7.13. The number of methoxy groups -OCH3 is 1. The van der Waals surface area contributed by atoms with Crippen molar-refractivity contribution in [3.05, 3.63) is 35.3 Å². The molecule has 0 saturated heterocycles. The van der Waals surface area contributed by atoms with Gasteiger partial charge in [0.05, 0.1) is 13.7 Å².